The molecular weight excluding hydrogens is 693 g/mol. The van der Waals surface area contributed by atoms with Crippen LogP contribution >= 0.6 is 139 Å². The summed E-state index contributed by atoms with van der Waals surface area (Å²) in [7, 11) is 0. The maximum atomic E-state index is 9.45. The van der Waals surface area contributed by atoms with Gasteiger partial charge in [0.2, 0.25) is 11.5 Å². The van der Waals surface area contributed by atoms with Crippen LogP contribution in [0.5, 0.6) is 0 Å². The van der Waals surface area contributed by atoms with Crippen LogP contribution in [0.2, 0.25) is 0 Å². The number of hydrogen-bond acceptors (Lipinski definition) is 6. The first-order chi connectivity index (χ1) is 12.7. The number of alkyl halides is 4. The highest BCUT2D eigenvalue weighted by atomic mass is 35.5. The second-order valence-corrected chi connectivity index (χ2v) is 7.93. The number of carbonyl (C=O) groups excluding carboxylic acids is 3. The smallest absolute Gasteiger partial charge is 0.284 e. The maximum absolute atomic E-state index is 9.45. The highest BCUT2D eigenvalue weighted by Gasteiger charge is 2.53. The highest BCUT2D eigenvalue weighted by Crippen LogP contribution is 2.46. The SMILES string of the molecule is ClC1OC1(Cl)Cl.ClC=C(Cl)Cl.ClC=C(Cl)Cl.F.O.O.O=C(Cl)CCl.O=CC(=O)Cl.O=O. The quantitative estimate of drug-likeness (QED) is 0.109. The summed E-state index contributed by atoms with van der Waals surface area (Å²) in [6, 6.07) is 0. The molecule has 1 rings (SSSR count). The van der Waals surface area contributed by atoms with E-state index in [1.54, 1.807) is 0 Å². The van der Waals surface area contributed by atoms with Crippen LogP contribution in [-0.4, -0.2) is 43.7 Å². The predicted molar refractivity (Wildman–Crippen MR) is 131 cm³/mol. The van der Waals surface area contributed by atoms with Gasteiger partial charge in [0.05, 0.1) is 5.88 Å². The molecule has 1 aliphatic rings. The van der Waals surface area contributed by atoms with Crippen molar-refractivity contribution in [1.82, 2.24) is 0 Å². The zero-order chi connectivity index (χ0) is 23.9. The van der Waals surface area contributed by atoms with Crippen LogP contribution in [0.1, 0.15) is 0 Å². The zero-order valence-corrected chi connectivity index (χ0v) is 23.0. The molecule has 190 valence electrons. The van der Waals surface area contributed by atoms with E-state index in [1.165, 1.54) is 0 Å². The maximum Gasteiger partial charge on any atom is 0.284 e. The molecule has 4 N–H and O–H groups in total. The fourth-order valence-corrected chi connectivity index (χ4v) is 0.514. The largest absolute Gasteiger partial charge is 0.412 e. The first-order valence-electron chi connectivity index (χ1n) is 5.19. The van der Waals surface area contributed by atoms with Gasteiger partial charge in [-0.15, -0.1) is 11.6 Å². The Balaban J connectivity index is -0.0000000341. The molecule has 0 aromatic heterocycles. The third kappa shape index (κ3) is 80.2. The number of hydrogen-bond donors (Lipinski definition) is 0. The van der Waals surface area contributed by atoms with Gasteiger partial charge in [-0.2, -0.15) is 0 Å². The molecular formula is C10H11Cl12FO8. The first-order valence-corrected chi connectivity index (χ1v) is 10.1. The van der Waals surface area contributed by atoms with Gasteiger partial charge < -0.3 is 15.7 Å². The van der Waals surface area contributed by atoms with E-state index in [9.17, 15) is 9.59 Å². The Kier molecular flexibility index (Phi) is 66.9. The minimum absolute atomic E-state index is 0. The van der Waals surface area contributed by atoms with Crippen LogP contribution in [0.4, 0.5) is 4.70 Å². The standard InChI is InChI=1S/C2HCl3O.2C2HCl3.C2H2Cl2O.C2HClO2.FH.O2.2H2O/c3-1-2(4,5)6-1;3*3-1-2(4)5;3-2(5)1-4;;1-2;;/h1H;2*1H;1H2;1H;1H;;2*1H2. The van der Waals surface area contributed by atoms with Crippen molar-refractivity contribution in [1.29, 1.82) is 0 Å². The molecule has 31 heavy (non-hydrogen) atoms. The molecule has 1 aliphatic heterocycles. The third-order valence-corrected chi connectivity index (χ3v) is 3.95. The predicted octanol–water partition coefficient (Wildman–Crippen LogP) is 6.23. The Morgan fingerprint density at radius 2 is 1.00 bits per heavy atom. The van der Waals surface area contributed by atoms with Crippen LogP contribution in [0.3, 0.4) is 0 Å². The van der Waals surface area contributed by atoms with Crippen LogP contribution in [0.25, 0.3) is 0 Å². The van der Waals surface area contributed by atoms with Crippen LogP contribution in [0.15, 0.2) is 20.1 Å². The Morgan fingerprint density at radius 1 is 0.871 bits per heavy atom. The molecule has 1 saturated heterocycles. The lowest BCUT2D eigenvalue weighted by Crippen LogP contribution is -1.84. The molecule has 1 unspecified atom stereocenters. The number of aldehydes is 1. The molecule has 21 heteroatoms. The van der Waals surface area contributed by atoms with Crippen molar-refractivity contribution >= 4 is 156 Å². The summed E-state index contributed by atoms with van der Waals surface area (Å²) in [5.41, 5.74) is 1.67. The lowest BCUT2D eigenvalue weighted by atomic mass is 10.9. The number of ether oxygens (including phenoxy) is 1. The Hall–Kier alpha value is 1.38. The van der Waals surface area contributed by atoms with Crippen molar-refractivity contribution in [3.63, 3.8) is 0 Å². The Bertz CT molecular complexity index is 470. The van der Waals surface area contributed by atoms with Crippen molar-refractivity contribution in [2.45, 2.75) is 10.1 Å². The summed E-state index contributed by atoms with van der Waals surface area (Å²) in [4.78, 5) is 41.7. The van der Waals surface area contributed by atoms with E-state index in [1.807, 2.05) is 0 Å². The molecule has 0 aromatic carbocycles. The minimum Gasteiger partial charge on any atom is -0.412 e. The van der Waals surface area contributed by atoms with Gasteiger partial charge in [-0.25, -0.2) is 0 Å². The molecule has 0 aromatic rings. The van der Waals surface area contributed by atoms with Crippen molar-refractivity contribution in [2.75, 3.05) is 5.88 Å². The molecule has 0 bridgehead atoms. The molecule has 0 radical (unpaired) electrons. The zero-order valence-electron chi connectivity index (χ0n) is 13.9. The fraction of sp³-hybridized carbons (Fsp3) is 0.300. The summed E-state index contributed by atoms with van der Waals surface area (Å²) >= 11 is 59.2. The van der Waals surface area contributed by atoms with Crippen LogP contribution in [-0.2, 0) is 19.1 Å². The monoisotopic (exact) mass is 698 g/mol. The van der Waals surface area contributed by atoms with Crippen molar-refractivity contribution in [2.24, 2.45) is 0 Å². The summed E-state index contributed by atoms with van der Waals surface area (Å²) < 4.78 is 3.50. The van der Waals surface area contributed by atoms with Gasteiger partial charge in [0.1, 0.15) is 8.98 Å². The third-order valence-electron chi connectivity index (χ3n) is 0.830. The number of rotatable bonds is 2. The van der Waals surface area contributed by atoms with E-state index in [2.05, 4.69) is 16.3 Å². The topological polar surface area (TPSA) is 161 Å². The number of epoxide rings is 1. The van der Waals surface area contributed by atoms with Gasteiger partial charge in [-0.1, -0.05) is 104 Å². The summed E-state index contributed by atoms with van der Waals surface area (Å²) in [5, 5.41) is -1.46. The summed E-state index contributed by atoms with van der Waals surface area (Å²) in [6.45, 7) is 0. The molecule has 0 spiro atoms. The molecule has 1 atom stereocenters. The van der Waals surface area contributed by atoms with Crippen molar-refractivity contribution in [3.05, 3.63) is 30.0 Å². The van der Waals surface area contributed by atoms with Gasteiger partial charge in [0.15, 0.2) is 5.56 Å². The number of halogens is 13. The van der Waals surface area contributed by atoms with E-state index in [-0.39, 0.29) is 36.8 Å². The first kappa shape index (κ1) is 53.6. The van der Waals surface area contributed by atoms with Gasteiger partial charge in [-0.05, 0) is 23.2 Å². The molecule has 1 fully saturated rings. The van der Waals surface area contributed by atoms with E-state index < -0.39 is 20.6 Å². The summed E-state index contributed by atoms with van der Waals surface area (Å²) in [5.74, 6) is -0.0957. The number of carbonyl (C=O) groups is 3. The molecule has 8 nitrogen and oxygen atoms in total. The van der Waals surface area contributed by atoms with Gasteiger partial charge in [0.25, 0.3) is 9.76 Å². The molecule has 0 saturated carbocycles. The van der Waals surface area contributed by atoms with Crippen LogP contribution < -0.4 is 0 Å². The van der Waals surface area contributed by atoms with E-state index in [4.69, 9.17) is 142 Å². The van der Waals surface area contributed by atoms with Gasteiger partial charge in [-0.3, -0.25) is 19.1 Å². The minimum atomic E-state index is -1.08. The van der Waals surface area contributed by atoms with Crippen LogP contribution in [0, 0.1) is 9.93 Å². The molecule has 0 amide bonds. The lowest BCUT2D eigenvalue weighted by Gasteiger charge is -1.76. The summed E-state index contributed by atoms with van der Waals surface area (Å²) in [6.07, 6.45) is 0.0432. The fourth-order valence-electron chi connectivity index (χ4n) is 0.104. The second-order valence-electron chi connectivity index (χ2n) is 2.70. The Labute approximate surface area is 235 Å². The van der Waals surface area contributed by atoms with Crippen molar-refractivity contribution < 1.29 is 34.8 Å². The normalized spacial score (nSPS) is 12.3. The average Bonchev–Trinajstić information content (AvgIpc) is 3.21. The van der Waals surface area contributed by atoms with Gasteiger partial charge >= 0.3 is 0 Å². The highest BCUT2D eigenvalue weighted by molar-refractivity contribution is 6.77. The lowest BCUT2D eigenvalue weighted by molar-refractivity contribution is -0.124. The molecule has 0 aliphatic carbocycles. The average molecular weight is 704 g/mol. The van der Waals surface area contributed by atoms with Gasteiger partial charge in [0, 0.05) is 21.0 Å². The van der Waals surface area contributed by atoms with E-state index in [0.29, 0.717) is 0 Å². The van der Waals surface area contributed by atoms with E-state index in [0.717, 1.165) is 11.1 Å². The molecule has 1 heterocycles. The van der Waals surface area contributed by atoms with Crippen molar-refractivity contribution in [3.8, 4) is 0 Å². The van der Waals surface area contributed by atoms with E-state index >= 15 is 0 Å². The Morgan fingerprint density at radius 3 is 1.00 bits per heavy atom. The second kappa shape index (κ2) is 38.6.